The van der Waals surface area contributed by atoms with E-state index in [1.165, 1.54) is 12.8 Å². The molecule has 0 spiro atoms. The summed E-state index contributed by atoms with van der Waals surface area (Å²) in [4.78, 5) is 11.9. The van der Waals surface area contributed by atoms with E-state index in [9.17, 15) is 4.79 Å². The van der Waals surface area contributed by atoms with Crippen molar-refractivity contribution >= 4 is 18.3 Å². The summed E-state index contributed by atoms with van der Waals surface area (Å²) in [5.74, 6) is 1.00. The summed E-state index contributed by atoms with van der Waals surface area (Å²) in [5.41, 5.74) is 6.95. The summed E-state index contributed by atoms with van der Waals surface area (Å²) in [6, 6.07) is 5.30. The van der Waals surface area contributed by atoms with Crippen LogP contribution in [-0.2, 0) is 0 Å². The number of amides is 1. The van der Waals surface area contributed by atoms with Crippen LogP contribution < -0.4 is 11.1 Å². The largest absolute Gasteiger partial charge is 0.463 e. The Morgan fingerprint density at radius 2 is 2.40 bits per heavy atom. The summed E-state index contributed by atoms with van der Waals surface area (Å²) < 4.78 is 5.23. The molecule has 1 unspecified atom stereocenters. The zero-order valence-electron chi connectivity index (χ0n) is 10.8. The molecule has 0 aromatic carbocycles. The number of halogens is 1. The third kappa shape index (κ3) is 3.20. The SMILES string of the molecule is Cl.NC(CNC(=O)c1cc(-c2ccco2)[nH]n1)C1CC1. The Morgan fingerprint density at radius 3 is 3.05 bits per heavy atom. The quantitative estimate of drug-likeness (QED) is 0.780. The van der Waals surface area contributed by atoms with Gasteiger partial charge in [-0.1, -0.05) is 0 Å². The van der Waals surface area contributed by atoms with E-state index >= 15 is 0 Å². The van der Waals surface area contributed by atoms with Gasteiger partial charge in [-0.15, -0.1) is 12.4 Å². The van der Waals surface area contributed by atoms with E-state index in [0.717, 1.165) is 0 Å². The molecule has 1 fully saturated rings. The van der Waals surface area contributed by atoms with Crippen LogP contribution >= 0.6 is 12.4 Å². The van der Waals surface area contributed by atoms with Crippen LogP contribution in [0.5, 0.6) is 0 Å². The van der Waals surface area contributed by atoms with Crippen LogP contribution in [0.15, 0.2) is 28.9 Å². The molecule has 0 bridgehead atoms. The highest BCUT2D eigenvalue weighted by Crippen LogP contribution is 2.31. The van der Waals surface area contributed by atoms with Crippen molar-refractivity contribution in [1.82, 2.24) is 15.5 Å². The first kappa shape index (κ1) is 14.6. The van der Waals surface area contributed by atoms with Crippen molar-refractivity contribution in [3.8, 4) is 11.5 Å². The van der Waals surface area contributed by atoms with Gasteiger partial charge in [0, 0.05) is 18.7 Å². The van der Waals surface area contributed by atoms with E-state index in [-0.39, 0.29) is 24.4 Å². The van der Waals surface area contributed by atoms with Crippen molar-refractivity contribution < 1.29 is 9.21 Å². The Morgan fingerprint density at radius 1 is 1.60 bits per heavy atom. The highest BCUT2D eigenvalue weighted by atomic mass is 35.5. The standard InChI is InChI=1S/C13H16N4O2.ClH/c14-9(8-3-4-8)7-15-13(18)11-6-10(16-17-11)12-2-1-5-19-12;/h1-2,5-6,8-9H,3-4,7,14H2,(H,15,18)(H,16,17);1H. The number of furan rings is 1. The predicted octanol–water partition coefficient (Wildman–Crippen LogP) is 1.56. The number of hydrogen-bond acceptors (Lipinski definition) is 4. The van der Waals surface area contributed by atoms with E-state index in [1.54, 1.807) is 24.5 Å². The van der Waals surface area contributed by atoms with Crippen LogP contribution in [0.4, 0.5) is 0 Å². The third-order valence-electron chi connectivity index (χ3n) is 3.32. The maximum atomic E-state index is 11.9. The molecule has 4 N–H and O–H groups in total. The second kappa shape index (κ2) is 6.11. The Labute approximate surface area is 122 Å². The average molecular weight is 297 g/mol. The molecule has 0 saturated heterocycles. The van der Waals surface area contributed by atoms with E-state index in [4.69, 9.17) is 10.2 Å². The van der Waals surface area contributed by atoms with Crippen molar-refractivity contribution in [2.75, 3.05) is 6.54 Å². The molecule has 2 aromatic rings. The fourth-order valence-corrected chi connectivity index (χ4v) is 1.99. The molecule has 3 rings (SSSR count). The minimum atomic E-state index is -0.217. The van der Waals surface area contributed by atoms with Crippen molar-refractivity contribution in [1.29, 1.82) is 0 Å². The number of H-pyrrole nitrogens is 1. The number of carbonyl (C=O) groups excluding carboxylic acids is 1. The Balaban J connectivity index is 0.00000147. The summed E-state index contributed by atoms with van der Waals surface area (Å²) in [6.45, 7) is 0.493. The molecule has 7 heteroatoms. The molecular formula is C13H17ClN4O2. The number of aromatic amines is 1. The number of nitrogens with zero attached hydrogens (tertiary/aromatic N) is 1. The molecule has 1 saturated carbocycles. The topological polar surface area (TPSA) is 96.9 Å². The van der Waals surface area contributed by atoms with Gasteiger partial charge in [-0.2, -0.15) is 5.10 Å². The lowest BCUT2D eigenvalue weighted by Crippen LogP contribution is -2.38. The lowest BCUT2D eigenvalue weighted by atomic mass is 10.2. The zero-order chi connectivity index (χ0) is 13.2. The molecule has 1 atom stereocenters. The van der Waals surface area contributed by atoms with Gasteiger partial charge in [-0.25, -0.2) is 0 Å². The van der Waals surface area contributed by atoms with Crippen molar-refractivity contribution in [2.24, 2.45) is 11.7 Å². The number of hydrogen-bond donors (Lipinski definition) is 3. The molecule has 1 aliphatic carbocycles. The molecule has 1 aliphatic rings. The fraction of sp³-hybridized carbons (Fsp3) is 0.385. The first-order valence-electron chi connectivity index (χ1n) is 6.37. The number of rotatable bonds is 5. The van der Waals surface area contributed by atoms with Crippen LogP contribution in [-0.4, -0.2) is 28.7 Å². The second-order valence-electron chi connectivity index (χ2n) is 4.86. The molecule has 2 aromatic heterocycles. The number of nitrogens with two attached hydrogens (primary N) is 1. The Bertz CT molecular complexity index is 563. The zero-order valence-corrected chi connectivity index (χ0v) is 11.7. The van der Waals surface area contributed by atoms with Gasteiger partial charge < -0.3 is 15.5 Å². The summed E-state index contributed by atoms with van der Waals surface area (Å²) >= 11 is 0. The summed E-state index contributed by atoms with van der Waals surface area (Å²) in [7, 11) is 0. The highest BCUT2D eigenvalue weighted by Gasteiger charge is 2.28. The molecule has 0 aliphatic heterocycles. The third-order valence-corrected chi connectivity index (χ3v) is 3.32. The van der Waals surface area contributed by atoms with Crippen LogP contribution in [0, 0.1) is 5.92 Å². The maximum Gasteiger partial charge on any atom is 0.271 e. The maximum absolute atomic E-state index is 11.9. The van der Waals surface area contributed by atoms with Gasteiger partial charge >= 0.3 is 0 Å². The van der Waals surface area contributed by atoms with Gasteiger partial charge in [0.15, 0.2) is 11.5 Å². The first-order chi connectivity index (χ1) is 9.24. The average Bonchev–Trinajstić information content (AvgIpc) is 2.94. The number of aromatic nitrogens is 2. The summed E-state index contributed by atoms with van der Waals surface area (Å²) in [6.07, 6.45) is 3.91. The first-order valence-corrected chi connectivity index (χ1v) is 6.37. The van der Waals surface area contributed by atoms with Gasteiger partial charge in [0.1, 0.15) is 5.69 Å². The monoisotopic (exact) mass is 296 g/mol. The predicted molar refractivity (Wildman–Crippen MR) is 76.6 cm³/mol. The smallest absolute Gasteiger partial charge is 0.271 e. The minimum absolute atomic E-state index is 0. The Kier molecular flexibility index (Phi) is 4.46. The molecule has 1 amide bonds. The molecule has 0 radical (unpaired) electrons. The van der Waals surface area contributed by atoms with Gasteiger partial charge in [-0.3, -0.25) is 9.89 Å². The molecule has 108 valence electrons. The summed E-state index contributed by atoms with van der Waals surface area (Å²) in [5, 5.41) is 9.55. The van der Waals surface area contributed by atoms with E-state index in [1.807, 2.05) is 0 Å². The van der Waals surface area contributed by atoms with Crippen LogP contribution in [0.1, 0.15) is 23.3 Å². The van der Waals surface area contributed by atoms with E-state index in [2.05, 4.69) is 15.5 Å². The van der Waals surface area contributed by atoms with Gasteiger partial charge in [-0.05, 0) is 30.9 Å². The lowest BCUT2D eigenvalue weighted by molar-refractivity contribution is 0.0945. The van der Waals surface area contributed by atoms with Gasteiger partial charge in [0.25, 0.3) is 5.91 Å². The van der Waals surface area contributed by atoms with Crippen molar-refractivity contribution in [3.05, 3.63) is 30.2 Å². The normalized spacial score (nSPS) is 15.4. The van der Waals surface area contributed by atoms with Crippen molar-refractivity contribution in [2.45, 2.75) is 18.9 Å². The van der Waals surface area contributed by atoms with Crippen molar-refractivity contribution in [3.63, 3.8) is 0 Å². The fourth-order valence-electron chi connectivity index (χ4n) is 1.99. The van der Waals surface area contributed by atoms with Crippen LogP contribution in [0.25, 0.3) is 11.5 Å². The Hall–Kier alpha value is -1.79. The minimum Gasteiger partial charge on any atom is -0.463 e. The van der Waals surface area contributed by atoms with Gasteiger partial charge in [0.2, 0.25) is 0 Å². The number of nitrogens with one attached hydrogen (secondary N) is 2. The molecule has 6 nitrogen and oxygen atoms in total. The molecule has 20 heavy (non-hydrogen) atoms. The molecule has 2 heterocycles. The molecular weight excluding hydrogens is 280 g/mol. The van der Waals surface area contributed by atoms with E-state index in [0.29, 0.717) is 29.6 Å². The van der Waals surface area contributed by atoms with E-state index < -0.39 is 0 Å². The highest BCUT2D eigenvalue weighted by molar-refractivity contribution is 5.93. The lowest BCUT2D eigenvalue weighted by Gasteiger charge is -2.10. The van der Waals surface area contributed by atoms with Crippen LogP contribution in [0.2, 0.25) is 0 Å². The second-order valence-corrected chi connectivity index (χ2v) is 4.86. The van der Waals surface area contributed by atoms with Crippen LogP contribution in [0.3, 0.4) is 0 Å². The van der Waals surface area contributed by atoms with Gasteiger partial charge in [0.05, 0.1) is 6.26 Å². The number of carbonyl (C=O) groups is 1.